The van der Waals surface area contributed by atoms with E-state index in [1.165, 1.54) is 15.6 Å². The van der Waals surface area contributed by atoms with Crippen LogP contribution in [0.2, 0.25) is 0 Å². The zero-order valence-electron chi connectivity index (χ0n) is 17.6. The lowest BCUT2D eigenvalue weighted by Gasteiger charge is -2.43. The maximum atomic E-state index is 4.58. The van der Waals surface area contributed by atoms with E-state index in [0.717, 1.165) is 11.5 Å². The summed E-state index contributed by atoms with van der Waals surface area (Å²) in [6.45, 7) is 0. The minimum Gasteiger partial charge on any atom is -0.374 e. The highest BCUT2D eigenvalue weighted by atomic mass is 28.3. The lowest BCUT2D eigenvalue weighted by molar-refractivity contribution is 0.848. The van der Waals surface area contributed by atoms with Crippen molar-refractivity contribution in [1.29, 1.82) is 0 Å². The molecule has 152 valence electrons. The molecule has 0 radical (unpaired) electrons. The van der Waals surface area contributed by atoms with Gasteiger partial charge >= 0.3 is 0 Å². The van der Waals surface area contributed by atoms with Gasteiger partial charge in [0.15, 0.2) is 5.82 Å². The first-order valence-electron chi connectivity index (χ1n) is 10.3. The van der Waals surface area contributed by atoms with Crippen LogP contribution >= 0.6 is 0 Å². The van der Waals surface area contributed by atoms with Gasteiger partial charge in [0, 0.05) is 14.1 Å². The van der Waals surface area contributed by atoms with Crippen molar-refractivity contribution in [3.05, 3.63) is 104 Å². The number of aromatic nitrogens is 4. The number of anilines is 1. The fraction of sp³-hybridized carbons (Fsp3) is 0.0800. The Morgan fingerprint density at radius 3 is 1.65 bits per heavy atom. The van der Waals surface area contributed by atoms with Crippen LogP contribution in [0.4, 0.5) is 5.82 Å². The second-order valence-electron chi connectivity index (χ2n) is 7.59. The first-order valence-corrected chi connectivity index (χ1v) is 12.2. The van der Waals surface area contributed by atoms with E-state index < -0.39 is 8.24 Å². The molecule has 3 aromatic rings. The van der Waals surface area contributed by atoms with Crippen LogP contribution in [-0.2, 0) is 7.05 Å². The number of fused-ring (bicyclic) bond motifs is 1. The number of benzene rings is 3. The molecule has 0 fully saturated rings. The zero-order chi connectivity index (χ0) is 21.3. The number of hydrogen-bond acceptors (Lipinski definition) is 4. The summed E-state index contributed by atoms with van der Waals surface area (Å²) >= 11 is 0. The molecule has 0 amide bonds. The van der Waals surface area contributed by atoms with Crippen molar-refractivity contribution in [2.75, 3.05) is 11.6 Å². The summed E-state index contributed by atoms with van der Waals surface area (Å²) in [6.07, 6.45) is 3.41. The number of rotatable bonds is 5. The molecule has 0 spiro atoms. The van der Waals surface area contributed by atoms with Crippen LogP contribution in [0.3, 0.4) is 0 Å². The van der Waals surface area contributed by atoms with Gasteiger partial charge in [0.25, 0.3) is 8.24 Å². The third-order valence-corrected chi connectivity index (χ3v) is 10.6. The summed E-state index contributed by atoms with van der Waals surface area (Å²) in [5, 5.41) is 3.91. The largest absolute Gasteiger partial charge is 0.374 e. The first kappa shape index (κ1) is 19.2. The maximum Gasteiger partial charge on any atom is 0.254 e. The van der Waals surface area contributed by atoms with Gasteiger partial charge in [-0.2, -0.15) is 0 Å². The SMILES string of the molecule is CN(c1c2ncnc-2ncn1C)[Si](c1ccccc1)(c1ccccc1)c1ccccc1. The zero-order valence-corrected chi connectivity index (χ0v) is 18.6. The lowest BCUT2D eigenvalue weighted by atomic mass is 10.3. The van der Waals surface area contributed by atoms with Crippen molar-refractivity contribution in [2.45, 2.75) is 0 Å². The highest BCUT2D eigenvalue weighted by Gasteiger charge is 2.46. The van der Waals surface area contributed by atoms with Crippen molar-refractivity contribution < 1.29 is 0 Å². The van der Waals surface area contributed by atoms with Crippen molar-refractivity contribution in [1.82, 2.24) is 19.5 Å². The molecule has 0 saturated heterocycles. The van der Waals surface area contributed by atoms with Crippen molar-refractivity contribution in [3.63, 3.8) is 0 Å². The Kier molecular flexibility index (Phi) is 4.84. The van der Waals surface area contributed by atoms with E-state index in [2.05, 4.69) is 118 Å². The Balaban J connectivity index is 1.88. The van der Waals surface area contributed by atoms with Crippen LogP contribution in [0.15, 0.2) is 104 Å². The quantitative estimate of drug-likeness (QED) is 0.323. The fourth-order valence-corrected chi connectivity index (χ4v) is 9.32. The molecule has 5 nitrogen and oxygen atoms in total. The van der Waals surface area contributed by atoms with Crippen LogP contribution < -0.4 is 20.1 Å². The van der Waals surface area contributed by atoms with E-state index >= 15 is 0 Å². The van der Waals surface area contributed by atoms with E-state index in [-0.39, 0.29) is 0 Å². The molecule has 6 heteroatoms. The molecular formula is C25H23N5Si. The van der Waals surface area contributed by atoms with Crippen LogP contribution in [0.5, 0.6) is 0 Å². The summed E-state index contributed by atoms with van der Waals surface area (Å²) in [5.41, 5.74) is 0.812. The number of imidazole rings is 1. The lowest BCUT2D eigenvalue weighted by Crippen LogP contribution is -2.77. The number of aryl methyl sites for hydroxylation is 1. The molecule has 0 saturated carbocycles. The minimum atomic E-state index is -2.67. The molecule has 5 rings (SSSR count). The van der Waals surface area contributed by atoms with Gasteiger partial charge in [0.05, 0.1) is 6.33 Å². The molecule has 0 atom stereocenters. The summed E-state index contributed by atoms with van der Waals surface area (Å²) in [6, 6.07) is 32.5. The molecule has 2 heterocycles. The predicted molar refractivity (Wildman–Crippen MR) is 128 cm³/mol. The summed E-state index contributed by atoms with van der Waals surface area (Å²) in [5.74, 6) is 1.67. The van der Waals surface area contributed by atoms with Gasteiger partial charge in [0.1, 0.15) is 17.8 Å². The number of hydrogen-bond donors (Lipinski definition) is 0. The van der Waals surface area contributed by atoms with E-state index in [9.17, 15) is 0 Å². The van der Waals surface area contributed by atoms with Crippen molar-refractivity contribution in [2.24, 2.45) is 7.05 Å². The standard InChI is InChI=1S/C25H23N5Si/c1-29-19-28-24-23(26-18-27-24)25(29)30(2)31(20-12-6-3-7-13-20,21-14-8-4-9-15-21)22-16-10-5-11-17-22/h3-19H,1-2H3. The summed E-state index contributed by atoms with van der Waals surface area (Å²) < 4.78 is 4.49. The smallest absolute Gasteiger partial charge is 0.254 e. The van der Waals surface area contributed by atoms with Crippen LogP contribution in [0.25, 0.3) is 11.5 Å². The average molecular weight is 422 g/mol. The molecule has 0 N–H and O–H groups in total. The van der Waals surface area contributed by atoms with Crippen molar-refractivity contribution >= 4 is 29.6 Å². The number of nitrogens with zero attached hydrogens (tertiary/aromatic N) is 5. The molecule has 0 bridgehead atoms. The third kappa shape index (κ3) is 3.03. The van der Waals surface area contributed by atoms with Gasteiger partial charge in [-0.3, -0.25) is 0 Å². The highest BCUT2D eigenvalue weighted by Crippen LogP contribution is 2.29. The minimum absolute atomic E-state index is 0.664. The molecule has 0 unspecified atom stereocenters. The normalized spacial score (nSPS) is 11.5. The van der Waals surface area contributed by atoms with E-state index in [1.54, 1.807) is 6.33 Å². The third-order valence-electron chi connectivity index (χ3n) is 5.87. The molecule has 2 aliphatic rings. The maximum absolute atomic E-state index is 4.58. The van der Waals surface area contributed by atoms with Gasteiger partial charge < -0.3 is 9.13 Å². The van der Waals surface area contributed by atoms with E-state index in [1.807, 2.05) is 17.9 Å². The van der Waals surface area contributed by atoms with Crippen LogP contribution in [0.1, 0.15) is 0 Å². The fourth-order valence-electron chi connectivity index (χ4n) is 4.55. The molecule has 0 aromatic heterocycles. The predicted octanol–water partition coefficient (Wildman–Crippen LogP) is 2.42. The molecule has 31 heavy (non-hydrogen) atoms. The van der Waals surface area contributed by atoms with Gasteiger partial charge in [-0.15, -0.1) is 0 Å². The van der Waals surface area contributed by atoms with Crippen molar-refractivity contribution in [3.8, 4) is 11.5 Å². The van der Waals surface area contributed by atoms with Gasteiger partial charge in [-0.1, -0.05) is 91.0 Å². The Bertz CT molecular complexity index is 1160. The summed E-state index contributed by atoms with van der Waals surface area (Å²) in [7, 11) is 1.53. The Morgan fingerprint density at radius 1 is 0.677 bits per heavy atom. The monoisotopic (exact) mass is 421 g/mol. The summed E-state index contributed by atoms with van der Waals surface area (Å²) in [4.78, 5) is 13.4. The second-order valence-corrected chi connectivity index (χ2v) is 11.4. The molecule has 3 aromatic carbocycles. The van der Waals surface area contributed by atoms with Crippen LogP contribution in [-0.4, -0.2) is 34.8 Å². The first-order chi connectivity index (χ1) is 15.2. The van der Waals surface area contributed by atoms with E-state index in [0.29, 0.717) is 5.82 Å². The van der Waals surface area contributed by atoms with E-state index in [4.69, 9.17) is 0 Å². The topological polar surface area (TPSA) is 46.8 Å². The van der Waals surface area contributed by atoms with Gasteiger partial charge in [0.2, 0.25) is 0 Å². The molecule has 0 aliphatic carbocycles. The van der Waals surface area contributed by atoms with Gasteiger partial charge in [-0.05, 0) is 15.6 Å². The highest BCUT2D eigenvalue weighted by molar-refractivity contribution is 7.13. The Labute approximate surface area is 183 Å². The second kappa shape index (κ2) is 7.81. The Hall–Kier alpha value is -3.77. The van der Waals surface area contributed by atoms with Gasteiger partial charge in [-0.25, -0.2) is 15.0 Å². The molecular weight excluding hydrogens is 398 g/mol. The Morgan fingerprint density at radius 2 is 1.16 bits per heavy atom. The average Bonchev–Trinajstić information content (AvgIpc) is 3.30. The molecule has 2 aliphatic heterocycles. The van der Waals surface area contributed by atoms with Crippen LogP contribution in [0, 0.1) is 0 Å².